The number of hydrogen-bond donors (Lipinski definition) is 15. The fourth-order valence-electron chi connectivity index (χ4n) is 11.6. The van der Waals surface area contributed by atoms with E-state index in [-0.39, 0.29) is 35.7 Å². The maximum absolute atomic E-state index is 14.7. The van der Waals surface area contributed by atoms with Crippen molar-refractivity contribution in [1.82, 2.24) is 51.0 Å². The highest BCUT2D eigenvalue weighted by Crippen LogP contribution is 2.35. The number of ether oxygens (including phenoxy) is 1. The van der Waals surface area contributed by atoms with Crippen LogP contribution in [0.4, 0.5) is 5.69 Å². The van der Waals surface area contributed by atoms with E-state index < -0.39 is 183 Å². The molecule has 16 atom stereocenters. The fraction of sp³-hybridized carbons (Fsp3) is 0.483. The lowest BCUT2D eigenvalue weighted by atomic mass is 9.96. The predicted octanol–water partition coefficient (Wildman–Crippen LogP) is -2.88. The van der Waals surface area contributed by atoms with Crippen molar-refractivity contribution in [1.29, 1.82) is 0 Å². The third-order valence-electron chi connectivity index (χ3n) is 16.3. The number of hydrogen-bond acceptors (Lipinski definition) is 26. The van der Waals surface area contributed by atoms with E-state index in [9.17, 15) is 79.2 Å². The van der Waals surface area contributed by atoms with E-state index in [0.29, 0.717) is 16.2 Å². The van der Waals surface area contributed by atoms with Gasteiger partial charge in [-0.2, -0.15) is 5.10 Å². The zero-order chi connectivity index (χ0) is 67.3. The number of nitrogens with two attached hydrogens (primary N) is 1. The quantitative estimate of drug-likeness (QED) is 0.0204. The van der Waals surface area contributed by atoms with Crippen LogP contribution in [0.1, 0.15) is 69.0 Å². The van der Waals surface area contributed by atoms with E-state index in [1.807, 2.05) is 38.1 Å². The molecule has 0 aliphatic carbocycles. The van der Waals surface area contributed by atoms with Crippen LogP contribution in [0.2, 0.25) is 0 Å². The first-order chi connectivity index (χ1) is 44.2. The molecule has 0 radical (unpaired) electrons. The number of aromatic nitrogens is 3. The number of benzene rings is 3. The number of aliphatic hydroxyl groups excluding tert-OH is 7. The molecular formula is C58H72N12O21S2. The Morgan fingerprint density at radius 2 is 1.45 bits per heavy atom. The number of carbonyl (C=O) groups is 8. The summed E-state index contributed by atoms with van der Waals surface area (Å²) in [5.41, 5.74) is 8.08. The number of amides is 8. The first kappa shape index (κ1) is 69.2. The molecule has 2 aromatic heterocycles. The maximum atomic E-state index is 14.7. The summed E-state index contributed by atoms with van der Waals surface area (Å²) in [6.45, 7) is 6.31. The van der Waals surface area contributed by atoms with Gasteiger partial charge in [0.25, 0.3) is 18.2 Å². The van der Waals surface area contributed by atoms with Gasteiger partial charge < -0.3 is 96.8 Å². The van der Waals surface area contributed by atoms with Gasteiger partial charge in [0.2, 0.25) is 46.3 Å². The van der Waals surface area contributed by atoms with Crippen molar-refractivity contribution in [3.8, 4) is 33.3 Å². The van der Waals surface area contributed by atoms with Crippen molar-refractivity contribution in [2.24, 2.45) is 11.7 Å². The summed E-state index contributed by atoms with van der Waals surface area (Å²) in [4.78, 5) is 123. The molecule has 3 aromatic carbocycles. The average molecular weight is 1340 g/mol. The number of anilines is 1. The molecule has 502 valence electrons. The SMILES string of the molecule is CC(O)C1NC(=O)C(NC(=O)c2ccc(-c3cn4nc(-c5ccc(N6C[C@@H](C)O[C@@H](C)C6)cc5)sc4n3)cc2)CC(O)CNC(=O)C2C(O)C(C)CN2C(=O)C(C(O)CC(N)=O)NC(=O)C(C(O)C(O)c2ccc(O)c(OSOOO)c2)NC(=O)C2CC(O)CN2C1=O. The van der Waals surface area contributed by atoms with Crippen molar-refractivity contribution in [2.75, 3.05) is 37.6 Å². The maximum Gasteiger partial charge on any atom is 0.261 e. The number of carbonyl (C=O) groups excluding carboxylic acids is 8. The van der Waals surface area contributed by atoms with Crippen molar-refractivity contribution in [2.45, 2.75) is 138 Å². The third kappa shape index (κ3) is 16.1. The lowest BCUT2D eigenvalue weighted by Gasteiger charge is -2.36. The zero-order valence-electron chi connectivity index (χ0n) is 50.3. The summed E-state index contributed by atoms with van der Waals surface area (Å²) in [7, 11) is 0. The molecule has 5 aromatic rings. The first-order valence-corrected chi connectivity index (χ1v) is 31.0. The van der Waals surface area contributed by atoms with Crippen LogP contribution in [0.15, 0.2) is 72.9 Å². The van der Waals surface area contributed by atoms with Crippen LogP contribution in [-0.4, -0.2) is 236 Å². The smallest absolute Gasteiger partial charge is 0.261 e. The Kier molecular flexibility index (Phi) is 22.2. The Morgan fingerprint density at radius 1 is 0.796 bits per heavy atom. The number of rotatable bonds is 16. The summed E-state index contributed by atoms with van der Waals surface area (Å²) in [5, 5.41) is 120. The number of nitrogens with zero attached hydrogens (tertiary/aromatic N) is 6. The Hall–Kier alpha value is -8.17. The Bertz CT molecular complexity index is 3510. The summed E-state index contributed by atoms with van der Waals surface area (Å²) < 4.78 is 16.7. The average Bonchev–Trinajstić information content (AvgIpc) is 1.75. The van der Waals surface area contributed by atoms with Gasteiger partial charge in [-0.15, -0.1) is 0 Å². The van der Waals surface area contributed by atoms with E-state index >= 15 is 0 Å². The molecule has 9 rings (SSSR count). The number of aromatic hydroxyl groups is 1. The Labute approximate surface area is 538 Å². The monoisotopic (exact) mass is 1340 g/mol. The van der Waals surface area contributed by atoms with Gasteiger partial charge in [0, 0.05) is 73.9 Å². The highest BCUT2D eigenvalue weighted by molar-refractivity contribution is 7.90. The number of fused-ring (bicyclic) bond motifs is 3. The molecule has 0 bridgehead atoms. The van der Waals surface area contributed by atoms with Crippen molar-refractivity contribution < 1.29 is 103 Å². The van der Waals surface area contributed by atoms with Crippen LogP contribution < -0.4 is 41.4 Å². The van der Waals surface area contributed by atoms with Crippen LogP contribution in [0.25, 0.3) is 26.8 Å². The Morgan fingerprint density at radius 3 is 2.11 bits per heavy atom. The second-order valence-corrected chi connectivity index (χ2v) is 24.8. The third-order valence-corrected chi connectivity index (χ3v) is 17.7. The highest BCUT2D eigenvalue weighted by atomic mass is 32.2. The number of phenolic OH excluding ortho intramolecular Hbond substituents is 1. The van der Waals surface area contributed by atoms with Gasteiger partial charge in [-0.3, -0.25) is 38.4 Å². The summed E-state index contributed by atoms with van der Waals surface area (Å²) in [6.07, 6.45) is -14.2. The van der Waals surface area contributed by atoms with Crippen LogP contribution in [-0.2, 0) is 47.7 Å². The molecule has 35 heteroatoms. The van der Waals surface area contributed by atoms with Crippen LogP contribution in [0.3, 0.4) is 0 Å². The molecule has 4 fully saturated rings. The van der Waals surface area contributed by atoms with Gasteiger partial charge in [0.05, 0.1) is 61.0 Å². The van der Waals surface area contributed by atoms with Crippen LogP contribution in [0.5, 0.6) is 11.5 Å². The molecule has 6 heterocycles. The largest absolute Gasteiger partial charge is 0.504 e. The van der Waals surface area contributed by atoms with E-state index in [2.05, 4.69) is 40.9 Å². The van der Waals surface area contributed by atoms with Gasteiger partial charge >= 0.3 is 0 Å². The molecule has 4 aliphatic rings. The molecular weight excluding hydrogens is 1260 g/mol. The molecule has 14 unspecified atom stereocenters. The second kappa shape index (κ2) is 29.8. The standard InChI is InChI=1S/C58H72N12O21S2/c1-25-20-69-46(47(25)77)54(84)60-19-34(72)16-36(61-50(80)30-7-5-29(6-8-30)37-24-70-58(62-37)92-55(66-70)31-9-12-33(13-10-31)67-21-26(2)88-27(3)22-67)51(81)63-43(28(4)71)56(85)68-23-35(73)17-38(68)52(82)65-45(53(83)64-44(57(69)86)40(75)18-42(59)76)49(79)48(78)32-11-14-39(74)41(15-32)89-93-91-90-87/h5-15,24-28,34-36,38,40,43-49,71-75,77-79,87H,16-23H2,1-4H3,(H2,59,76)(H,60,84)(H,61,80)(H,63,81)(H,64,83)(H,65,82)/t25?,26-,27+,28?,34?,35?,36?,38?,40?,43?,44?,45?,46?,47?,48?,49?. The highest BCUT2D eigenvalue weighted by Gasteiger charge is 2.50. The predicted molar refractivity (Wildman–Crippen MR) is 325 cm³/mol. The topological polar surface area (TPSA) is 482 Å². The first-order valence-electron chi connectivity index (χ1n) is 29.5. The number of phenols is 1. The lowest BCUT2D eigenvalue weighted by Crippen LogP contribution is -2.64. The van der Waals surface area contributed by atoms with Gasteiger partial charge in [-0.25, -0.2) is 14.8 Å². The van der Waals surface area contributed by atoms with Crippen LogP contribution >= 0.6 is 23.7 Å². The van der Waals surface area contributed by atoms with Gasteiger partial charge in [0.15, 0.2) is 11.5 Å². The molecule has 16 N–H and O–H groups in total. The lowest BCUT2D eigenvalue weighted by molar-refractivity contribution is -0.433. The van der Waals surface area contributed by atoms with E-state index in [1.54, 1.807) is 22.8 Å². The Balaban J connectivity index is 0.991. The molecule has 0 spiro atoms. The number of β-amino-alcohol motifs (C(OH)–C–C–N with tert-alkyl or cyclic N) is 1. The molecule has 0 saturated carbocycles. The zero-order valence-corrected chi connectivity index (χ0v) is 52.0. The number of morpholine rings is 1. The summed E-state index contributed by atoms with van der Waals surface area (Å²) in [6, 6.07) is 4.76. The minimum atomic E-state index is -2.53. The number of nitrogens with one attached hydrogen (secondary N) is 5. The molecule has 4 aliphatic heterocycles. The van der Waals surface area contributed by atoms with Crippen molar-refractivity contribution in [3.05, 3.63) is 84.1 Å². The molecule has 8 amide bonds. The normalized spacial score (nSPS) is 27.6. The van der Waals surface area contributed by atoms with Crippen LogP contribution in [0, 0.1) is 5.92 Å². The number of imidazole rings is 1. The second-order valence-electron chi connectivity index (χ2n) is 23.4. The number of aliphatic hydroxyl groups is 7. The molecule has 93 heavy (non-hydrogen) atoms. The molecule has 33 nitrogen and oxygen atoms in total. The van der Waals surface area contributed by atoms with Gasteiger partial charge in [-0.1, -0.05) is 45.8 Å². The number of primary amides is 1. The minimum Gasteiger partial charge on any atom is -0.504 e. The summed E-state index contributed by atoms with van der Waals surface area (Å²) >= 11 is 1.34. The van der Waals surface area contributed by atoms with E-state index in [0.717, 1.165) is 64.3 Å². The van der Waals surface area contributed by atoms with E-state index in [4.69, 9.17) is 30.0 Å². The molecule has 4 saturated heterocycles. The van der Waals surface area contributed by atoms with Gasteiger partial charge in [-0.05, 0) is 74.9 Å². The van der Waals surface area contributed by atoms with Crippen molar-refractivity contribution >= 4 is 81.6 Å². The fourth-order valence-corrected chi connectivity index (χ4v) is 12.8. The minimum absolute atomic E-state index is 0.0105. The van der Waals surface area contributed by atoms with Gasteiger partial charge in [0.1, 0.15) is 53.5 Å². The van der Waals surface area contributed by atoms with E-state index in [1.165, 1.54) is 30.4 Å². The van der Waals surface area contributed by atoms with Crippen molar-refractivity contribution in [3.63, 3.8) is 0 Å². The summed E-state index contributed by atoms with van der Waals surface area (Å²) in [5.74, 6) is -11.9.